The maximum absolute atomic E-state index is 12.1. The molecule has 1 rings (SSSR count). The van der Waals surface area contributed by atoms with Gasteiger partial charge in [-0.3, -0.25) is 9.69 Å². The van der Waals surface area contributed by atoms with Crippen LogP contribution in [0.15, 0.2) is 0 Å². The summed E-state index contributed by atoms with van der Waals surface area (Å²) in [6.07, 6.45) is 4.53. The molecule has 1 amide bonds. The van der Waals surface area contributed by atoms with Crippen molar-refractivity contribution in [2.45, 2.75) is 58.5 Å². The summed E-state index contributed by atoms with van der Waals surface area (Å²) in [7, 11) is 2.05. The normalized spacial score (nSPS) is 26.1. The fraction of sp³-hybridized carbons (Fsp3) is 0.923. The molecule has 1 N–H and O–H groups in total. The third kappa shape index (κ3) is 3.48. The first-order valence-corrected chi connectivity index (χ1v) is 6.56. The van der Waals surface area contributed by atoms with Gasteiger partial charge in [0.25, 0.3) is 0 Å². The highest BCUT2D eigenvalue weighted by Crippen LogP contribution is 2.16. The number of likely N-dealkylation sites (N-methyl/N-ethyl adjacent to an activating group) is 1. The second kappa shape index (κ2) is 6.24. The first-order valence-electron chi connectivity index (χ1n) is 6.56. The summed E-state index contributed by atoms with van der Waals surface area (Å²) in [5, 5.41) is 3.15. The number of nitrogens with one attached hydrogen (secondary N) is 1. The van der Waals surface area contributed by atoms with Crippen LogP contribution >= 0.6 is 0 Å². The van der Waals surface area contributed by atoms with Crippen molar-refractivity contribution >= 4 is 5.91 Å². The Morgan fingerprint density at radius 1 is 1.44 bits per heavy atom. The predicted molar refractivity (Wildman–Crippen MR) is 67.3 cm³/mol. The Morgan fingerprint density at radius 2 is 2.12 bits per heavy atom. The summed E-state index contributed by atoms with van der Waals surface area (Å²) >= 11 is 0. The van der Waals surface area contributed by atoms with Crippen molar-refractivity contribution in [3.8, 4) is 0 Å². The van der Waals surface area contributed by atoms with Crippen LogP contribution in [0.5, 0.6) is 0 Å². The topological polar surface area (TPSA) is 32.3 Å². The predicted octanol–water partition coefficient (Wildman–Crippen LogP) is 2.02. The van der Waals surface area contributed by atoms with E-state index in [1.807, 2.05) is 0 Å². The minimum absolute atomic E-state index is 0.0975. The zero-order chi connectivity index (χ0) is 12.1. The van der Waals surface area contributed by atoms with Gasteiger partial charge in [0.1, 0.15) is 0 Å². The van der Waals surface area contributed by atoms with Gasteiger partial charge in [0.2, 0.25) is 5.91 Å². The summed E-state index contributed by atoms with van der Waals surface area (Å²) in [5.41, 5.74) is 0. The van der Waals surface area contributed by atoms with Gasteiger partial charge < -0.3 is 5.32 Å². The van der Waals surface area contributed by atoms with Gasteiger partial charge in [0.05, 0.1) is 6.04 Å². The number of hydrogen-bond acceptors (Lipinski definition) is 2. The molecule has 0 saturated carbocycles. The molecule has 94 valence electrons. The molecule has 0 aliphatic carbocycles. The van der Waals surface area contributed by atoms with Crippen LogP contribution in [-0.4, -0.2) is 36.5 Å². The van der Waals surface area contributed by atoms with Crippen molar-refractivity contribution in [2.75, 3.05) is 13.6 Å². The minimum atomic E-state index is 0.0975. The van der Waals surface area contributed by atoms with E-state index in [-0.39, 0.29) is 18.0 Å². The Morgan fingerprint density at radius 3 is 2.69 bits per heavy atom. The summed E-state index contributed by atoms with van der Waals surface area (Å²) < 4.78 is 0. The minimum Gasteiger partial charge on any atom is -0.352 e. The number of rotatable bonds is 4. The standard InChI is InChI=1S/C13H26N2O/c1-5-10(2)11(3)14-13(16)12-8-6-7-9-15(12)4/h10-12H,5-9H2,1-4H3,(H,14,16). The van der Waals surface area contributed by atoms with Gasteiger partial charge in [0.15, 0.2) is 0 Å². The SMILES string of the molecule is CCC(C)C(C)NC(=O)C1CCCCN1C. The smallest absolute Gasteiger partial charge is 0.237 e. The molecular formula is C13H26N2O. The second-order valence-corrected chi connectivity index (χ2v) is 5.17. The zero-order valence-corrected chi connectivity index (χ0v) is 11.1. The highest BCUT2D eigenvalue weighted by Gasteiger charge is 2.27. The zero-order valence-electron chi connectivity index (χ0n) is 11.1. The molecule has 3 atom stereocenters. The van der Waals surface area contributed by atoms with E-state index in [2.05, 4.69) is 38.0 Å². The molecule has 1 heterocycles. The molecule has 1 aliphatic heterocycles. The molecule has 3 nitrogen and oxygen atoms in total. The Balaban J connectivity index is 2.44. The van der Waals surface area contributed by atoms with Crippen molar-refractivity contribution in [3.63, 3.8) is 0 Å². The van der Waals surface area contributed by atoms with Crippen molar-refractivity contribution < 1.29 is 4.79 Å². The molecule has 1 aliphatic rings. The maximum Gasteiger partial charge on any atom is 0.237 e. The lowest BCUT2D eigenvalue weighted by Crippen LogP contribution is -2.50. The van der Waals surface area contributed by atoms with Crippen LogP contribution in [0.25, 0.3) is 0 Å². The van der Waals surface area contributed by atoms with Gasteiger partial charge in [-0.1, -0.05) is 26.7 Å². The van der Waals surface area contributed by atoms with Gasteiger partial charge >= 0.3 is 0 Å². The van der Waals surface area contributed by atoms with Crippen molar-refractivity contribution in [1.29, 1.82) is 0 Å². The number of likely N-dealkylation sites (tertiary alicyclic amines) is 1. The monoisotopic (exact) mass is 226 g/mol. The Bertz CT molecular complexity index is 230. The number of carbonyl (C=O) groups is 1. The van der Waals surface area contributed by atoms with Crippen LogP contribution in [0.2, 0.25) is 0 Å². The van der Waals surface area contributed by atoms with E-state index in [0.717, 1.165) is 19.4 Å². The van der Waals surface area contributed by atoms with Gasteiger partial charge in [-0.15, -0.1) is 0 Å². The highest BCUT2D eigenvalue weighted by atomic mass is 16.2. The van der Waals surface area contributed by atoms with Gasteiger partial charge in [-0.25, -0.2) is 0 Å². The lowest BCUT2D eigenvalue weighted by molar-refractivity contribution is -0.128. The molecule has 0 bridgehead atoms. The third-order valence-electron chi connectivity index (χ3n) is 3.94. The highest BCUT2D eigenvalue weighted by molar-refractivity contribution is 5.82. The van der Waals surface area contributed by atoms with Crippen LogP contribution in [0.4, 0.5) is 0 Å². The van der Waals surface area contributed by atoms with Crippen molar-refractivity contribution in [3.05, 3.63) is 0 Å². The molecular weight excluding hydrogens is 200 g/mol. The van der Waals surface area contributed by atoms with E-state index in [1.54, 1.807) is 0 Å². The third-order valence-corrected chi connectivity index (χ3v) is 3.94. The Hall–Kier alpha value is -0.570. The molecule has 1 saturated heterocycles. The Kier molecular flexibility index (Phi) is 5.26. The van der Waals surface area contributed by atoms with E-state index in [1.165, 1.54) is 12.8 Å². The number of carbonyl (C=O) groups excluding carboxylic acids is 1. The summed E-state index contributed by atoms with van der Waals surface area (Å²) in [6.45, 7) is 7.51. The number of nitrogens with zero attached hydrogens (tertiary/aromatic N) is 1. The lowest BCUT2D eigenvalue weighted by atomic mass is 9.98. The maximum atomic E-state index is 12.1. The molecule has 16 heavy (non-hydrogen) atoms. The van der Waals surface area contributed by atoms with Crippen molar-refractivity contribution in [1.82, 2.24) is 10.2 Å². The molecule has 3 heteroatoms. The van der Waals surface area contributed by atoms with E-state index in [0.29, 0.717) is 5.92 Å². The molecule has 1 fully saturated rings. The number of hydrogen-bond donors (Lipinski definition) is 1. The molecule has 0 radical (unpaired) electrons. The van der Waals surface area contributed by atoms with Gasteiger partial charge in [-0.2, -0.15) is 0 Å². The lowest BCUT2D eigenvalue weighted by Gasteiger charge is -2.32. The first-order chi connectivity index (χ1) is 7.56. The first kappa shape index (κ1) is 13.5. The number of amides is 1. The molecule has 0 aromatic rings. The van der Waals surface area contributed by atoms with E-state index in [9.17, 15) is 4.79 Å². The summed E-state index contributed by atoms with van der Waals surface area (Å²) in [5.74, 6) is 0.771. The average molecular weight is 226 g/mol. The van der Waals surface area contributed by atoms with Crippen LogP contribution < -0.4 is 5.32 Å². The Labute approximate surface area is 99.6 Å². The van der Waals surface area contributed by atoms with E-state index < -0.39 is 0 Å². The fourth-order valence-electron chi connectivity index (χ4n) is 2.22. The summed E-state index contributed by atoms with van der Waals surface area (Å²) in [4.78, 5) is 14.3. The van der Waals surface area contributed by atoms with Crippen molar-refractivity contribution in [2.24, 2.45) is 5.92 Å². The van der Waals surface area contributed by atoms with E-state index >= 15 is 0 Å². The van der Waals surface area contributed by atoms with E-state index in [4.69, 9.17) is 0 Å². The average Bonchev–Trinajstić information content (AvgIpc) is 2.28. The van der Waals surface area contributed by atoms with Gasteiger partial charge in [0, 0.05) is 6.04 Å². The summed E-state index contributed by atoms with van der Waals surface area (Å²) in [6, 6.07) is 0.382. The van der Waals surface area contributed by atoms with Crippen LogP contribution in [-0.2, 0) is 4.79 Å². The molecule has 0 spiro atoms. The fourth-order valence-corrected chi connectivity index (χ4v) is 2.22. The van der Waals surface area contributed by atoms with Crippen LogP contribution in [0, 0.1) is 5.92 Å². The van der Waals surface area contributed by atoms with Crippen LogP contribution in [0.1, 0.15) is 46.5 Å². The quantitative estimate of drug-likeness (QED) is 0.795. The molecule has 3 unspecified atom stereocenters. The molecule has 0 aromatic carbocycles. The number of piperidine rings is 1. The molecule has 0 aromatic heterocycles. The van der Waals surface area contributed by atoms with Crippen LogP contribution in [0.3, 0.4) is 0 Å². The van der Waals surface area contributed by atoms with Gasteiger partial charge in [-0.05, 0) is 39.3 Å². The second-order valence-electron chi connectivity index (χ2n) is 5.17. The largest absolute Gasteiger partial charge is 0.352 e.